The van der Waals surface area contributed by atoms with Crippen LogP contribution < -0.4 is 16.0 Å². The number of nitrogens with zero attached hydrogens (tertiary/aromatic N) is 1. The van der Waals surface area contributed by atoms with Gasteiger partial charge in [0, 0.05) is 17.4 Å². The lowest BCUT2D eigenvalue weighted by atomic mass is 10.1. The van der Waals surface area contributed by atoms with Gasteiger partial charge in [0.1, 0.15) is 17.1 Å². The van der Waals surface area contributed by atoms with Crippen molar-refractivity contribution < 1.29 is 13.9 Å². The van der Waals surface area contributed by atoms with Crippen LogP contribution in [0.1, 0.15) is 15.9 Å². The van der Waals surface area contributed by atoms with Crippen molar-refractivity contribution in [1.82, 2.24) is 4.57 Å². The largest absolute Gasteiger partial charge is 0.495 e. The summed E-state index contributed by atoms with van der Waals surface area (Å²) in [5, 5.41) is 0. The molecule has 0 aliphatic carbocycles. The molecule has 0 bridgehead atoms. The highest BCUT2D eigenvalue weighted by atomic mass is 19.1. The van der Waals surface area contributed by atoms with Crippen LogP contribution in [0.5, 0.6) is 5.75 Å². The number of methoxy groups -OCH3 is 1. The smallest absolute Gasteiger partial charge is 0.271 e. The molecule has 0 atom stereocenters. The van der Waals surface area contributed by atoms with Crippen molar-refractivity contribution in [1.29, 1.82) is 0 Å². The predicted octanol–water partition coefficient (Wildman–Crippen LogP) is 1.39. The summed E-state index contributed by atoms with van der Waals surface area (Å²) >= 11 is 0. The summed E-state index contributed by atoms with van der Waals surface area (Å²) in [6.07, 6.45) is 1.51. The lowest BCUT2D eigenvalue weighted by Gasteiger charge is -2.13. The van der Waals surface area contributed by atoms with E-state index in [1.807, 2.05) is 0 Å². The number of amides is 1. The highest BCUT2D eigenvalue weighted by molar-refractivity contribution is 5.95. The second-order valence-corrected chi connectivity index (χ2v) is 4.24. The average Bonchev–Trinajstić information content (AvgIpc) is 2.41. The van der Waals surface area contributed by atoms with E-state index in [2.05, 4.69) is 0 Å². The van der Waals surface area contributed by atoms with Crippen LogP contribution in [0.3, 0.4) is 0 Å². The first-order chi connectivity index (χ1) is 9.45. The average molecular weight is 276 g/mol. The van der Waals surface area contributed by atoms with E-state index < -0.39 is 17.3 Å². The topological polar surface area (TPSA) is 74.3 Å². The number of benzene rings is 1. The summed E-state index contributed by atoms with van der Waals surface area (Å²) in [7, 11) is 1.36. The van der Waals surface area contributed by atoms with Gasteiger partial charge in [0.15, 0.2) is 0 Å². The maximum Gasteiger partial charge on any atom is 0.271 e. The summed E-state index contributed by atoms with van der Waals surface area (Å²) in [4.78, 5) is 23.8. The number of hydrogen-bond acceptors (Lipinski definition) is 3. The number of nitrogens with two attached hydrogens (primary N) is 1. The standard InChI is InChI=1S/C14H13FN2O3/c1-8-7-17(10-5-3-9(15)4-6-10)14(19)11(13(16)18)12(8)20-2/h3-7H,1-2H3,(H2,16,18). The maximum atomic E-state index is 12.9. The number of pyridine rings is 1. The molecule has 0 aliphatic rings. The van der Waals surface area contributed by atoms with Crippen LogP contribution in [0.2, 0.25) is 0 Å². The predicted molar refractivity (Wildman–Crippen MR) is 71.8 cm³/mol. The van der Waals surface area contributed by atoms with Crippen LogP contribution in [0.4, 0.5) is 4.39 Å². The van der Waals surface area contributed by atoms with Gasteiger partial charge in [0.05, 0.1) is 7.11 Å². The minimum Gasteiger partial charge on any atom is -0.495 e. The molecule has 5 nitrogen and oxygen atoms in total. The molecular weight excluding hydrogens is 263 g/mol. The van der Waals surface area contributed by atoms with E-state index in [4.69, 9.17) is 10.5 Å². The van der Waals surface area contributed by atoms with Crippen LogP contribution in [0.15, 0.2) is 35.3 Å². The fraction of sp³-hybridized carbons (Fsp3) is 0.143. The number of halogens is 1. The minimum absolute atomic E-state index is 0.154. The first-order valence-corrected chi connectivity index (χ1v) is 5.81. The summed E-state index contributed by atoms with van der Waals surface area (Å²) in [5.74, 6) is -1.13. The van der Waals surface area contributed by atoms with E-state index in [0.29, 0.717) is 11.3 Å². The van der Waals surface area contributed by atoms with Crippen molar-refractivity contribution in [2.45, 2.75) is 6.92 Å². The van der Waals surface area contributed by atoms with Crippen LogP contribution in [0.25, 0.3) is 5.69 Å². The molecule has 20 heavy (non-hydrogen) atoms. The zero-order valence-electron chi connectivity index (χ0n) is 11.0. The molecule has 2 N–H and O–H groups in total. The van der Waals surface area contributed by atoms with Crippen molar-refractivity contribution in [3.63, 3.8) is 0 Å². The van der Waals surface area contributed by atoms with Gasteiger partial charge in [-0.25, -0.2) is 4.39 Å². The Morgan fingerprint density at radius 3 is 2.40 bits per heavy atom. The van der Waals surface area contributed by atoms with Gasteiger partial charge in [-0.15, -0.1) is 0 Å². The van der Waals surface area contributed by atoms with E-state index in [-0.39, 0.29) is 11.3 Å². The zero-order valence-corrected chi connectivity index (χ0v) is 11.0. The zero-order chi connectivity index (χ0) is 14.9. The molecule has 0 saturated carbocycles. The van der Waals surface area contributed by atoms with Crippen LogP contribution in [0, 0.1) is 12.7 Å². The number of ether oxygens (including phenoxy) is 1. The van der Waals surface area contributed by atoms with Crippen molar-refractivity contribution in [3.8, 4) is 11.4 Å². The molecule has 0 spiro atoms. The molecule has 0 unspecified atom stereocenters. The minimum atomic E-state index is -0.869. The molecule has 0 radical (unpaired) electrons. The lowest BCUT2D eigenvalue weighted by Crippen LogP contribution is -2.30. The Hall–Kier alpha value is -2.63. The van der Waals surface area contributed by atoms with Gasteiger partial charge in [-0.2, -0.15) is 0 Å². The third kappa shape index (κ3) is 2.27. The van der Waals surface area contributed by atoms with Gasteiger partial charge in [-0.1, -0.05) is 0 Å². The van der Waals surface area contributed by atoms with Gasteiger partial charge in [0.2, 0.25) is 0 Å². The Labute approximate surface area is 114 Å². The SMILES string of the molecule is COc1c(C)cn(-c2ccc(F)cc2)c(=O)c1C(N)=O. The highest BCUT2D eigenvalue weighted by Gasteiger charge is 2.19. The third-order valence-electron chi connectivity index (χ3n) is 2.90. The van der Waals surface area contributed by atoms with E-state index in [1.165, 1.54) is 42.1 Å². The molecule has 2 rings (SSSR count). The van der Waals surface area contributed by atoms with Crippen molar-refractivity contribution in [2.24, 2.45) is 5.73 Å². The van der Waals surface area contributed by atoms with Crippen molar-refractivity contribution in [3.05, 3.63) is 57.8 Å². The van der Waals surface area contributed by atoms with Crippen LogP contribution in [-0.2, 0) is 0 Å². The molecule has 0 fully saturated rings. The number of primary amides is 1. The molecule has 1 aromatic carbocycles. The monoisotopic (exact) mass is 276 g/mol. The molecule has 2 aromatic rings. The molecule has 6 heteroatoms. The first kappa shape index (κ1) is 13.8. The maximum absolute atomic E-state index is 12.9. The fourth-order valence-electron chi connectivity index (χ4n) is 2.00. The van der Waals surface area contributed by atoms with E-state index in [9.17, 15) is 14.0 Å². The Morgan fingerprint density at radius 1 is 1.30 bits per heavy atom. The molecule has 0 saturated heterocycles. The summed E-state index contributed by atoms with van der Waals surface area (Å²) in [6.45, 7) is 1.69. The van der Waals surface area contributed by atoms with E-state index >= 15 is 0 Å². The van der Waals surface area contributed by atoms with E-state index in [1.54, 1.807) is 6.92 Å². The molecule has 0 aliphatic heterocycles. The number of hydrogen-bond donors (Lipinski definition) is 1. The Bertz CT molecular complexity index is 720. The van der Waals surface area contributed by atoms with Gasteiger partial charge in [0.25, 0.3) is 11.5 Å². The quantitative estimate of drug-likeness (QED) is 0.920. The van der Waals surface area contributed by atoms with Crippen LogP contribution in [-0.4, -0.2) is 17.6 Å². The summed E-state index contributed by atoms with van der Waals surface area (Å²) in [6, 6.07) is 5.33. The number of rotatable bonds is 3. The molecule has 1 heterocycles. The van der Waals surface area contributed by atoms with Gasteiger partial charge in [-0.05, 0) is 31.2 Å². The molecule has 1 amide bonds. The Balaban J connectivity index is 2.76. The second kappa shape index (κ2) is 5.16. The Kier molecular flexibility index (Phi) is 3.56. The van der Waals surface area contributed by atoms with Crippen molar-refractivity contribution in [2.75, 3.05) is 7.11 Å². The van der Waals surface area contributed by atoms with Gasteiger partial charge >= 0.3 is 0 Å². The molecular formula is C14H13FN2O3. The molecule has 104 valence electrons. The number of carbonyl (C=O) groups excluding carboxylic acids is 1. The number of carbonyl (C=O) groups is 1. The number of aryl methyl sites for hydroxylation is 1. The number of aromatic nitrogens is 1. The van der Waals surface area contributed by atoms with Crippen LogP contribution >= 0.6 is 0 Å². The lowest BCUT2D eigenvalue weighted by molar-refractivity contribution is 0.0995. The van der Waals surface area contributed by atoms with Crippen molar-refractivity contribution >= 4 is 5.91 Å². The van der Waals surface area contributed by atoms with Gasteiger partial charge < -0.3 is 10.5 Å². The second-order valence-electron chi connectivity index (χ2n) is 4.24. The Morgan fingerprint density at radius 2 is 1.90 bits per heavy atom. The fourth-order valence-corrected chi connectivity index (χ4v) is 2.00. The highest BCUT2D eigenvalue weighted by Crippen LogP contribution is 2.21. The van der Waals surface area contributed by atoms with Gasteiger partial charge in [-0.3, -0.25) is 14.2 Å². The normalized spacial score (nSPS) is 10.3. The summed E-state index contributed by atoms with van der Waals surface area (Å²) in [5.41, 5.74) is 5.42. The summed E-state index contributed by atoms with van der Waals surface area (Å²) < 4.78 is 19.2. The van der Waals surface area contributed by atoms with E-state index in [0.717, 1.165) is 0 Å². The molecule has 1 aromatic heterocycles. The third-order valence-corrected chi connectivity index (χ3v) is 2.90. The first-order valence-electron chi connectivity index (χ1n) is 5.81.